The molecule has 0 fully saturated rings. The van der Waals surface area contributed by atoms with Gasteiger partial charge in [0.15, 0.2) is 0 Å². The van der Waals surface area contributed by atoms with E-state index in [0.717, 1.165) is 32.0 Å². The van der Waals surface area contributed by atoms with Gasteiger partial charge >= 0.3 is 11.9 Å². The Hall–Kier alpha value is -3.98. The van der Waals surface area contributed by atoms with Gasteiger partial charge < -0.3 is 14.2 Å². The number of carbonyl (C=O) groups is 2. The quantitative estimate of drug-likeness (QED) is 0.0878. The molecule has 0 aliphatic rings. The number of aromatic nitrogens is 1. The van der Waals surface area contributed by atoms with Crippen LogP contribution in [0.15, 0.2) is 113 Å². The van der Waals surface area contributed by atoms with Gasteiger partial charge in [-0.2, -0.15) is 0 Å². The lowest BCUT2D eigenvalue weighted by molar-refractivity contribution is 0.0588. The van der Waals surface area contributed by atoms with E-state index in [-0.39, 0.29) is 11.2 Å². The zero-order chi connectivity index (χ0) is 29.5. The molecule has 0 aliphatic carbocycles. The van der Waals surface area contributed by atoms with Crippen LogP contribution in [0.4, 0.5) is 0 Å². The smallest absolute Gasteiger partial charge is 0.338 e. The van der Waals surface area contributed by atoms with Crippen molar-refractivity contribution in [1.82, 2.24) is 4.98 Å². The van der Waals surface area contributed by atoms with Gasteiger partial charge in [0.05, 0.1) is 41.1 Å². The highest BCUT2D eigenvalue weighted by Gasteiger charge is 2.23. The van der Waals surface area contributed by atoms with E-state index in [0.29, 0.717) is 21.9 Å². The molecule has 0 unspecified atom stereocenters. The van der Waals surface area contributed by atoms with Crippen LogP contribution in [0.3, 0.4) is 0 Å². The van der Waals surface area contributed by atoms with Crippen LogP contribution in [0.5, 0.6) is 5.75 Å². The molecule has 0 saturated carbocycles. The minimum absolute atomic E-state index is 0.258. The fraction of sp³-hybridized carbons (Fsp3) is 0.121. The monoisotopic (exact) mass is 615 g/mol. The third-order valence-corrected chi connectivity index (χ3v) is 9.29. The molecule has 9 heteroatoms. The van der Waals surface area contributed by atoms with Gasteiger partial charge in [0.25, 0.3) is 0 Å². The molecule has 0 radical (unpaired) electrons. The fourth-order valence-electron chi connectivity index (χ4n) is 4.21. The molecule has 6 nitrogen and oxygen atoms in total. The van der Waals surface area contributed by atoms with Gasteiger partial charge in [0, 0.05) is 20.2 Å². The first-order valence-corrected chi connectivity index (χ1v) is 15.0. The van der Waals surface area contributed by atoms with Crippen molar-refractivity contribution >= 4 is 58.0 Å². The molecule has 0 atom stereocenters. The summed E-state index contributed by atoms with van der Waals surface area (Å²) in [5, 5.41) is 1.63. The average molecular weight is 616 g/mol. The van der Waals surface area contributed by atoms with Crippen molar-refractivity contribution in [3.05, 3.63) is 131 Å². The Balaban J connectivity index is 1.45. The molecule has 5 aromatic rings. The van der Waals surface area contributed by atoms with Crippen molar-refractivity contribution in [1.29, 1.82) is 0 Å². The topological polar surface area (TPSA) is 74.7 Å². The van der Waals surface area contributed by atoms with Crippen molar-refractivity contribution in [2.24, 2.45) is 0 Å². The zero-order valence-corrected chi connectivity index (χ0v) is 25.2. The van der Waals surface area contributed by atoms with E-state index in [9.17, 15) is 9.59 Å². The van der Waals surface area contributed by atoms with E-state index in [1.165, 1.54) is 37.7 Å². The molecule has 5 rings (SSSR count). The number of hydrogen-bond donors (Lipinski definition) is 0. The van der Waals surface area contributed by atoms with Gasteiger partial charge in [-0.3, -0.25) is 0 Å². The van der Waals surface area contributed by atoms with Gasteiger partial charge in [0.1, 0.15) is 12.4 Å². The molecule has 0 amide bonds. The molecule has 0 N–H and O–H groups in total. The summed E-state index contributed by atoms with van der Waals surface area (Å²) in [7, 11) is 2.73. The first-order valence-electron chi connectivity index (χ1n) is 12.9. The SMILES string of the molecule is COC(=O)c1ccccc1SC(Sc1ccccc1C(=O)OC)c1cccc(OCc2ccc3ccc(Cl)cc3n2)c1. The number of nitrogens with zero attached hydrogens (tertiary/aromatic N) is 1. The number of halogens is 1. The Kier molecular flexibility index (Phi) is 9.69. The fourth-order valence-corrected chi connectivity index (χ4v) is 7.09. The van der Waals surface area contributed by atoms with E-state index >= 15 is 0 Å². The van der Waals surface area contributed by atoms with E-state index < -0.39 is 11.9 Å². The van der Waals surface area contributed by atoms with Crippen molar-refractivity contribution in [2.45, 2.75) is 21.0 Å². The normalized spacial score (nSPS) is 11.0. The average Bonchev–Trinajstić information content (AvgIpc) is 3.03. The number of thioether (sulfide) groups is 2. The van der Waals surface area contributed by atoms with Crippen molar-refractivity contribution in [3.63, 3.8) is 0 Å². The molecule has 1 aromatic heterocycles. The first-order chi connectivity index (χ1) is 20.4. The van der Waals surface area contributed by atoms with Gasteiger partial charge in [-0.05, 0) is 60.2 Å². The first kappa shape index (κ1) is 29.5. The van der Waals surface area contributed by atoms with E-state index in [1.54, 1.807) is 24.3 Å². The predicted molar refractivity (Wildman–Crippen MR) is 168 cm³/mol. The summed E-state index contributed by atoms with van der Waals surface area (Å²) in [5.74, 6) is -0.176. The van der Waals surface area contributed by atoms with E-state index in [1.807, 2.05) is 78.9 Å². The Morgan fingerprint density at radius 1 is 0.762 bits per heavy atom. The molecule has 4 aromatic carbocycles. The maximum Gasteiger partial charge on any atom is 0.338 e. The molecule has 0 bridgehead atoms. The number of rotatable bonds is 10. The lowest BCUT2D eigenvalue weighted by atomic mass is 10.2. The van der Waals surface area contributed by atoms with Gasteiger partial charge in [-0.25, -0.2) is 14.6 Å². The number of methoxy groups -OCH3 is 2. The zero-order valence-electron chi connectivity index (χ0n) is 22.8. The number of benzene rings is 4. The summed E-state index contributed by atoms with van der Waals surface area (Å²) < 4.78 is 15.9. The summed E-state index contributed by atoms with van der Waals surface area (Å²) in [6, 6.07) is 31.9. The van der Waals surface area contributed by atoms with Crippen LogP contribution < -0.4 is 4.74 Å². The maximum atomic E-state index is 12.5. The Morgan fingerprint density at radius 3 is 2.02 bits per heavy atom. The molecule has 1 heterocycles. The van der Waals surface area contributed by atoms with Gasteiger partial charge in [-0.15, -0.1) is 23.5 Å². The third kappa shape index (κ3) is 7.07. The summed E-state index contributed by atoms with van der Waals surface area (Å²) in [6.07, 6.45) is 0. The number of hydrogen-bond acceptors (Lipinski definition) is 8. The van der Waals surface area contributed by atoms with Gasteiger partial charge in [0.2, 0.25) is 0 Å². The van der Waals surface area contributed by atoms with Crippen LogP contribution in [-0.4, -0.2) is 31.1 Å². The van der Waals surface area contributed by atoms with E-state index in [4.69, 9.17) is 25.8 Å². The minimum atomic E-state index is -0.418. The van der Waals surface area contributed by atoms with Crippen LogP contribution in [0.25, 0.3) is 10.9 Å². The Labute approximate surface area is 257 Å². The highest BCUT2D eigenvalue weighted by atomic mass is 35.5. The molecular formula is C33H26ClNO5S2. The highest BCUT2D eigenvalue weighted by molar-refractivity contribution is 8.16. The summed E-state index contributed by atoms with van der Waals surface area (Å²) in [6.45, 7) is 0.271. The van der Waals surface area contributed by atoms with Crippen molar-refractivity contribution in [2.75, 3.05) is 14.2 Å². The third-order valence-electron chi connectivity index (χ3n) is 6.28. The van der Waals surface area contributed by atoms with Crippen molar-refractivity contribution < 1.29 is 23.8 Å². The summed E-state index contributed by atoms with van der Waals surface area (Å²) >= 11 is 9.13. The predicted octanol–water partition coefficient (Wildman–Crippen LogP) is 8.62. The number of pyridine rings is 1. The highest BCUT2D eigenvalue weighted by Crippen LogP contribution is 2.49. The summed E-state index contributed by atoms with van der Waals surface area (Å²) in [5.41, 5.74) is 3.44. The largest absolute Gasteiger partial charge is 0.487 e. The molecule has 0 saturated heterocycles. The molecule has 0 aliphatic heterocycles. The van der Waals surface area contributed by atoms with Gasteiger partial charge in [-0.1, -0.05) is 60.1 Å². The minimum Gasteiger partial charge on any atom is -0.487 e. The molecule has 212 valence electrons. The summed E-state index contributed by atoms with van der Waals surface area (Å²) in [4.78, 5) is 31.2. The standard InChI is InChI=1S/C33H26ClNO5S2/c1-38-31(36)26-10-3-5-12-29(26)41-33(42-30-13-6-4-11-27(30)32(37)39-2)22-8-7-9-25(18-22)40-20-24-17-15-21-14-16-23(34)19-28(21)35-24/h3-19,33H,20H2,1-2H3. The second kappa shape index (κ2) is 13.8. The molecular weight excluding hydrogens is 590 g/mol. The molecule has 42 heavy (non-hydrogen) atoms. The van der Waals surface area contributed by atoms with Crippen molar-refractivity contribution in [3.8, 4) is 5.75 Å². The lowest BCUT2D eigenvalue weighted by Crippen LogP contribution is -2.05. The number of esters is 2. The Morgan fingerprint density at radius 2 is 1.38 bits per heavy atom. The van der Waals surface area contributed by atoms with Crippen LogP contribution in [0.1, 0.15) is 36.6 Å². The lowest BCUT2D eigenvalue weighted by Gasteiger charge is -2.20. The second-order valence-electron chi connectivity index (χ2n) is 9.04. The molecule has 0 spiro atoms. The van der Waals surface area contributed by atoms with Crippen LogP contribution in [0, 0.1) is 0 Å². The number of fused-ring (bicyclic) bond motifs is 1. The van der Waals surface area contributed by atoms with Crippen LogP contribution in [-0.2, 0) is 16.1 Å². The van der Waals surface area contributed by atoms with E-state index in [2.05, 4.69) is 4.98 Å². The second-order valence-corrected chi connectivity index (χ2v) is 12.1. The number of ether oxygens (including phenoxy) is 3. The number of carbonyl (C=O) groups excluding carboxylic acids is 2. The van der Waals surface area contributed by atoms with Crippen LogP contribution >= 0.6 is 35.1 Å². The maximum absolute atomic E-state index is 12.5. The Bertz CT molecular complexity index is 1680. The van der Waals surface area contributed by atoms with Crippen LogP contribution in [0.2, 0.25) is 5.02 Å².